The van der Waals surface area contributed by atoms with E-state index in [0.717, 1.165) is 12.2 Å². The zero-order valence-electron chi connectivity index (χ0n) is 11.1. The van der Waals surface area contributed by atoms with Gasteiger partial charge >= 0.3 is 0 Å². The van der Waals surface area contributed by atoms with Gasteiger partial charge in [-0.25, -0.2) is 4.39 Å². The molecular formula is C16H17FN2O. The van der Waals surface area contributed by atoms with E-state index in [-0.39, 0.29) is 11.9 Å². The van der Waals surface area contributed by atoms with Gasteiger partial charge in [0.25, 0.3) is 0 Å². The third-order valence-electron chi connectivity index (χ3n) is 3.82. The zero-order valence-corrected chi connectivity index (χ0v) is 11.1. The standard InChI is InChI=1S/C16H17FN2O/c17-14-10-19-7-5-13(14)15(18)9-11-6-8-20-16-4-2-1-3-12(11)16/h1-5,7,10-11,15H,6,8-9,18H2. The lowest BCUT2D eigenvalue weighted by Crippen LogP contribution is -2.20. The molecule has 0 aliphatic carbocycles. The highest BCUT2D eigenvalue weighted by Gasteiger charge is 2.24. The molecule has 0 saturated heterocycles. The molecule has 3 nitrogen and oxygen atoms in total. The Morgan fingerprint density at radius 1 is 1.35 bits per heavy atom. The lowest BCUT2D eigenvalue weighted by Gasteiger charge is -2.28. The van der Waals surface area contributed by atoms with Gasteiger partial charge in [0, 0.05) is 17.8 Å². The van der Waals surface area contributed by atoms with E-state index < -0.39 is 0 Å². The van der Waals surface area contributed by atoms with E-state index in [2.05, 4.69) is 11.1 Å². The fourth-order valence-electron chi connectivity index (χ4n) is 2.78. The minimum atomic E-state index is -0.333. The van der Waals surface area contributed by atoms with Crippen LogP contribution in [0.4, 0.5) is 4.39 Å². The van der Waals surface area contributed by atoms with E-state index in [1.165, 1.54) is 11.8 Å². The van der Waals surface area contributed by atoms with Crippen molar-refractivity contribution in [3.05, 3.63) is 59.7 Å². The Balaban J connectivity index is 1.81. The molecule has 3 rings (SSSR count). The summed E-state index contributed by atoms with van der Waals surface area (Å²) in [6, 6.07) is 9.33. The van der Waals surface area contributed by atoms with Gasteiger partial charge in [-0.2, -0.15) is 0 Å². The molecule has 20 heavy (non-hydrogen) atoms. The molecule has 1 aliphatic heterocycles. The number of halogens is 1. The van der Waals surface area contributed by atoms with E-state index in [9.17, 15) is 4.39 Å². The van der Waals surface area contributed by atoms with Gasteiger partial charge < -0.3 is 10.5 Å². The summed E-state index contributed by atoms with van der Waals surface area (Å²) in [6.45, 7) is 0.688. The summed E-state index contributed by atoms with van der Waals surface area (Å²) in [5.41, 5.74) is 7.88. The third kappa shape index (κ3) is 2.51. The van der Waals surface area contributed by atoms with Crippen LogP contribution in [0.5, 0.6) is 5.75 Å². The Morgan fingerprint density at radius 2 is 2.20 bits per heavy atom. The molecule has 104 valence electrons. The Labute approximate surface area is 117 Å². The molecule has 2 N–H and O–H groups in total. The average Bonchev–Trinajstić information content (AvgIpc) is 2.48. The van der Waals surface area contributed by atoms with E-state index in [1.807, 2.05) is 18.2 Å². The minimum Gasteiger partial charge on any atom is -0.493 e. The molecule has 1 aliphatic rings. The Hall–Kier alpha value is -1.94. The van der Waals surface area contributed by atoms with Gasteiger partial charge in [-0.1, -0.05) is 18.2 Å². The van der Waals surface area contributed by atoms with Crippen molar-refractivity contribution in [3.8, 4) is 5.75 Å². The Bertz CT molecular complexity index is 603. The molecule has 0 spiro atoms. The molecule has 0 radical (unpaired) electrons. The molecule has 1 aromatic heterocycles. The Kier molecular flexibility index (Phi) is 3.65. The topological polar surface area (TPSA) is 48.1 Å². The highest BCUT2D eigenvalue weighted by atomic mass is 19.1. The number of hydrogen-bond donors (Lipinski definition) is 1. The molecule has 0 bridgehead atoms. The van der Waals surface area contributed by atoms with Gasteiger partial charge in [0.2, 0.25) is 0 Å². The predicted octanol–water partition coefficient (Wildman–Crippen LogP) is 3.18. The molecule has 2 heterocycles. The minimum absolute atomic E-state index is 0.308. The van der Waals surface area contributed by atoms with Gasteiger partial charge in [-0.15, -0.1) is 0 Å². The number of hydrogen-bond acceptors (Lipinski definition) is 3. The largest absolute Gasteiger partial charge is 0.493 e. The molecule has 0 saturated carbocycles. The highest BCUT2D eigenvalue weighted by molar-refractivity contribution is 5.38. The maximum atomic E-state index is 13.7. The van der Waals surface area contributed by atoms with E-state index in [0.29, 0.717) is 24.5 Å². The van der Waals surface area contributed by atoms with E-state index in [1.54, 1.807) is 12.3 Å². The number of nitrogens with two attached hydrogens (primary N) is 1. The van der Waals surface area contributed by atoms with Crippen molar-refractivity contribution < 1.29 is 9.13 Å². The van der Waals surface area contributed by atoms with Crippen LogP contribution in [0.3, 0.4) is 0 Å². The van der Waals surface area contributed by atoms with Crippen molar-refractivity contribution >= 4 is 0 Å². The van der Waals surface area contributed by atoms with Crippen LogP contribution in [0, 0.1) is 5.82 Å². The fourth-order valence-corrected chi connectivity index (χ4v) is 2.78. The number of pyridine rings is 1. The number of benzene rings is 1. The van der Waals surface area contributed by atoms with Crippen LogP contribution in [-0.4, -0.2) is 11.6 Å². The molecule has 0 amide bonds. The van der Waals surface area contributed by atoms with Crippen LogP contribution in [0.25, 0.3) is 0 Å². The SMILES string of the molecule is NC(CC1CCOc2ccccc21)c1ccncc1F. The number of ether oxygens (including phenoxy) is 1. The summed E-state index contributed by atoms with van der Waals surface area (Å²) in [7, 11) is 0. The zero-order chi connectivity index (χ0) is 13.9. The van der Waals surface area contributed by atoms with E-state index >= 15 is 0 Å². The number of aromatic nitrogens is 1. The maximum absolute atomic E-state index is 13.7. The molecule has 2 atom stereocenters. The van der Waals surface area contributed by atoms with Crippen molar-refractivity contribution in [2.45, 2.75) is 24.8 Å². The number of rotatable bonds is 3. The second-order valence-electron chi connectivity index (χ2n) is 5.11. The first kappa shape index (κ1) is 13.1. The average molecular weight is 272 g/mol. The van der Waals surface area contributed by atoms with Crippen LogP contribution in [0.2, 0.25) is 0 Å². The molecule has 2 unspecified atom stereocenters. The van der Waals surface area contributed by atoms with Gasteiger partial charge in [-0.3, -0.25) is 4.98 Å². The summed E-state index contributed by atoms with van der Waals surface area (Å²) in [4.78, 5) is 3.76. The first-order valence-electron chi connectivity index (χ1n) is 6.82. The summed E-state index contributed by atoms with van der Waals surface area (Å²) in [5.74, 6) is 0.897. The van der Waals surface area contributed by atoms with Gasteiger partial charge in [0.15, 0.2) is 0 Å². The monoisotopic (exact) mass is 272 g/mol. The van der Waals surface area contributed by atoms with Gasteiger partial charge in [-0.05, 0) is 36.5 Å². The van der Waals surface area contributed by atoms with Crippen molar-refractivity contribution in [2.75, 3.05) is 6.61 Å². The Morgan fingerprint density at radius 3 is 3.05 bits per heavy atom. The van der Waals surface area contributed by atoms with E-state index in [4.69, 9.17) is 10.5 Å². The lowest BCUT2D eigenvalue weighted by molar-refractivity contribution is 0.258. The van der Waals surface area contributed by atoms with Gasteiger partial charge in [0.1, 0.15) is 11.6 Å². The second-order valence-corrected chi connectivity index (χ2v) is 5.11. The van der Waals surface area contributed by atoms with Crippen LogP contribution in [0.15, 0.2) is 42.7 Å². The summed E-state index contributed by atoms with van der Waals surface area (Å²) in [6.07, 6.45) is 4.42. The van der Waals surface area contributed by atoms with Crippen LogP contribution in [-0.2, 0) is 0 Å². The summed E-state index contributed by atoms with van der Waals surface area (Å²) in [5, 5.41) is 0. The van der Waals surface area contributed by atoms with Crippen LogP contribution >= 0.6 is 0 Å². The van der Waals surface area contributed by atoms with Crippen LogP contribution < -0.4 is 10.5 Å². The third-order valence-corrected chi connectivity index (χ3v) is 3.82. The normalized spacial score (nSPS) is 19.0. The summed E-state index contributed by atoms with van der Waals surface area (Å²) < 4.78 is 19.4. The molecule has 0 fully saturated rings. The predicted molar refractivity (Wildman–Crippen MR) is 75.0 cm³/mol. The molecule has 4 heteroatoms. The quantitative estimate of drug-likeness (QED) is 0.933. The molecule has 1 aromatic carbocycles. The lowest BCUT2D eigenvalue weighted by atomic mass is 9.86. The second kappa shape index (κ2) is 5.59. The van der Waals surface area contributed by atoms with Crippen molar-refractivity contribution in [3.63, 3.8) is 0 Å². The van der Waals surface area contributed by atoms with Crippen molar-refractivity contribution in [2.24, 2.45) is 5.73 Å². The smallest absolute Gasteiger partial charge is 0.146 e. The first-order valence-corrected chi connectivity index (χ1v) is 6.82. The number of para-hydroxylation sites is 1. The highest BCUT2D eigenvalue weighted by Crippen LogP contribution is 2.38. The molecular weight excluding hydrogens is 255 g/mol. The first-order chi connectivity index (χ1) is 9.75. The molecule has 2 aromatic rings. The van der Waals surface area contributed by atoms with Crippen LogP contribution in [0.1, 0.15) is 35.9 Å². The number of fused-ring (bicyclic) bond motifs is 1. The van der Waals surface area contributed by atoms with Crippen molar-refractivity contribution in [1.29, 1.82) is 0 Å². The fraction of sp³-hybridized carbons (Fsp3) is 0.312. The summed E-state index contributed by atoms with van der Waals surface area (Å²) >= 11 is 0. The number of nitrogens with zero attached hydrogens (tertiary/aromatic N) is 1. The van der Waals surface area contributed by atoms with Crippen molar-refractivity contribution in [1.82, 2.24) is 4.98 Å². The maximum Gasteiger partial charge on any atom is 0.146 e. The van der Waals surface area contributed by atoms with Gasteiger partial charge in [0.05, 0.1) is 12.8 Å².